The van der Waals surface area contributed by atoms with Crippen molar-refractivity contribution in [3.8, 4) is 51.3 Å². The van der Waals surface area contributed by atoms with Crippen molar-refractivity contribution in [2.75, 3.05) is 0 Å². The van der Waals surface area contributed by atoms with Gasteiger partial charge in [0.1, 0.15) is 29.2 Å². The molecule has 7 rings (SSSR count). The average molecular weight is 811 g/mol. The van der Waals surface area contributed by atoms with Gasteiger partial charge in [0.05, 0.1) is 0 Å². The summed E-state index contributed by atoms with van der Waals surface area (Å²) in [5.74, 6) is -13.4. The van der Waals surface area contributed by atoms with Gasteiger partial charge in [-0.15, -0.1) is 26.3 Å². The van der Waals surface area contributed by atoms with Gasteiger partial charge >= 0.3 is 12.7 Å². The minimum atomic E-state index is -5.30. The van der Waals surface area contributed by atoms with E-state index in [-0.39, 0.29) is 61.2 Å². The van der Waals surface area contributed by atoms with Crippen LogP contribution in [0.1, 0.15) is 22.6 Å². The van der Waals surface area contributed by atoms with Crippen LogP contribution in [0.25, 0.3) is 44.5 Å². The van der Waals surface area contributed by atoms with Gasteiger partial charge in [-0.05, 0) is 92.6 Å². The number of nitriles is 2. The van der Waals surface area contributed by atoms with E-state index in [0.29, 0.717) is 24.3 Å². The lowest BCUT2D eigenvalue weighted by Crippen LogP contribution is -2.18. The standard InChI is InChI=1S/C42H18F12N2O2/c43-32-9-23(10-33(44)39(32)47)19-1-5-21(6-2-19)26-13-28-29-14-27(22-7-3-20(4-8-22)24-11-34(45)40(48)35(46)12-24)37(58-42(52,53)54)16-31(29)38(25(17-55)18-56)30(28)15-36(26)57-41(49,50)51/h1-16,28,30H. The Morgan fingerprint density at radius 1 is 0.500 bits per heavy atom. The second-order valence-electron chi connectivity index (χ2n) is 12.9. The second-order valence-corrected chi connectivity index (χ2v) is 12.9. The number of benzene rings is 5. The van der Waals surface area contributed by atoms with E-state index in [4.69, 9.17) is 0 Å². The topological polar surface area (TPSA) is 66.0 Å². The molecule has 5 aromatic carbocycles. The van der Waals surface area contributed by atoms with E-state index in [2.05, 4.69) is 9.47 Å². The molecule has 0 spiro atoms. The van der Waals surface area contributed by atoms with Gasteiger partial charge in [-0.2, -0.15) is 10.5 Å². The Labute approximate surface area is 319 Å². The maximum atomic E-state index is 14.0. The summed E-state index contributed by atoms with van der Waals surface area (Å²) in [6.45, 7) is 0. The molecule has 0 saturated heterocycles. The van der Waals surface area contributed by atoms with Gasteiger partial charge in [-0.25, -0.2) is 26.3 Å². The van der Waals surface area contributed by atoms with Crippen LogP contribution in [-0.2, 0) is 4.74 Å². The molecule has 0 aromatic heterocycles. The summed E-state index contributed by atoms with van der Waals surface area (Å²) in [7, 11) is 0. The molecular weight excluding hydrogens is 792 g/mol. The number of halogens is 12. The molecule has 2 unspecified atom stereocenters. The first-order valence-electron chi connectivity index (χ1n) is 16.5. The van der Waals surface area contributed by atoms with Crippen molar-refractivity contribution in [1.29, 1.82) is 10.5 Å². The number of hydrogen-bond donors (Lipinski definition) is 0. The van der Waals surface area contributed by atoms with Gasteiger partial charge in [0.25, 0.3) is 0 Å². The van der Waals surface area contributed by atoms with Gasteiger partial charge in [0.2, 0.25) is 0 Å². The SMILES string of the molecule is N#CC(C#N)=C1c2cc(OC(F)(F)F)c(-c3ccc(-c4cc(F)c(F)c(F)c4)cc3)cc2C2C=C(c3ccc(-c4cc(F)c(F)c(F)c4)cc3)C(OC(F)(F)F)=CC12. The van der Waals surface area contributed by atoms with Crippen molar-refractivity contribution in [2.24, 2.45) is 5.92 Å². The zero-order valence-corrected chi connectivity index (χ0v) is 28.6. The Morgan fingerprint density at radius 3 is 1.40 bits per heavy atom. The van der Waals surface area contributed by atoms with Crippen LogP contribution < -0.4 is 4.74 Å². The first-order chi connectivity index (χ1) is 27.3. The molecule has 0 aliphatic heterocycles. The van der Waals surface area contributed by atoms with Crippen LogP contribution in [0.2, 0.25) is 0 Å². The van der Waals surface area contributed by atoms with Crippen molar-refractivity contribution in [3.63, 3.8) is 0 Å². The highest BCUT2D eigenvalue weighted by Crippen LogP contribution is 2.56. The quantitative estimate of drug-likeness (QED) is 0.0973. The summed E-state index contributed by atoms with van der Waals surface area (Å²) in [5.41, 5.74) is -1.10. The van der Waals surface area contributed by atoms with Crippen LogP contribution in [0.5, 0.6) is 5.75 Å². The van der Waals surface area contributed by atoms with Gasteiger partial charge in [-0.1, -0.05) is 54.6 Å². The minimum Gasteiger partial charge on any atom is -0.405 e. The Kier molecular flexibility index (Phi) is 9.85. The van der Waals surface area contributed by atoms with Crippen LogP contribution in [0.3, 0.4) is 0 Å². The lowest BCUT2D eigenvalue weighted by molar-refractivity contribution is -0.302. The molecule has 0 heterocycles. The van der Waals surface area contributed by atoms with Crippen LogP contribution in [0, 0.1) is 63.5 Å². The number of nitrogens with zero attached hydrogens (tertiary/aromatic N) is 2. The van der Waals surface area contributed by atoms with Gasteiger partial charge in [0.15, 0.2) is 34.9 Å². The Morgan fingerprint density at radius 2 is 0.948 bits per heavy atom. The number of rotatable bonds is 6. The molecule has 2 atom stereocenters. The maximum absolute atomic E-state index is 14.0. The van der Waals surface area contributed by atoms with Gasteiger partial charge in [-0.3, -0.25) is 0 Å². The highest BCUT2D eigenvalue weighted by Gasteiger charge is 2.44. The highest BCUT2D eigenvalue weighted by atomic mass is 19.4. The molecule has 2 aliphatic carbocycles. The fourth-order valence-corrected chi connectivity index (χ4v) is 7.02. The molecule has 292 valence electrons. The predicted molar refractivity (Wildman–Crippen MR) is 183 cm³/mol. The molecule has 5 aromatic rings. The number of allylic oxidation sites excluding steroid dienone is 5. The fraction of sp³-hybridized carbons (Fsp3) is 0.0952. The molecule has 58 heavy (non-hydrogen) atoms. The van der Waals surface area contributed by atoms with Crippen LogP contribution in [0.4, 0.5) is 52.7 Å². The molecule has 0 radical (unpaired) electrons. The fourth-order valence-electron chi connectivity index (χ4n) is 7.02. The molecular formula is C42H18F12N2O2. The van der Waals surface area contributed by atoms with E-state index in [1.165, 1.54) is 60.7 Å². The summed E-state index contributed by atoms with van der Waals surface area (Å²) in [5, 5.41) is 19.8. The molecule has 0 bridgehead atoms. The third kappa shape index (κ3) is 7.48. The lowest BCUT2D eigenvalue weighted by Gasteiger charge is -2.26. The first kappa shape index (κ1) is 39.3. The highest BCUT2D eigenvalue weighted by molar-refractivity contribution is 5.92. The minimum absolute atomic E-state index is 0.0459. The maximum Gasteiger partial charge on any atom is 0.573 e. The summed E-state index contributed by atoms with van der Waals surface area (Å²) in [6, 6.07) is 18.5. The van der Waals surface area contributed by atoms with Crippen molar-refractivity contribution >= 4 is 11.1 Å². The molecule has 2 aliphatic rings. The third-order valence-electron chi connectivity index (χ3n) is 9.43. The largest absolute Gasteiger partial charge is 0.573 e. The predicted octanol–water partition coefficient (Wildman–Crippen LogP) is 12.5. The Hall–Kier alpha value is -6.94. The lowest BCUT2D eigenvalue weighted by atomic mass is 9.80. The molecule has 4 nitrogen and oxygen atoms in total. The van der Waals surface area contributed by atoms with Crippen molar-refractivity contribution < 1.29 is 62.2 Å². The van der Waals surface area contributed by atoms with E-state index in [1.54, 1.807) is 12.1 Å². The molecule has 0 N–H and O–H groups in total. The summed E-state index contributed by atoms with van der Waals surface area (Å²) in [6.07, 6.45) is -8.32. The van der Waals surface area contributed by atoms with Gasteiger partial charge in [0, 0.05) is 23.0 Å². The van der Waals surface area contributed by atoms with Crippen molar-refractivity contribution in [3.05, 3.63) is 160 Å². The number of alkyl halides is 6. The van der Waals surface area contributed by atoms with E-state index in [0.717, 1.165) is 12.1 Å². The second kappa shape index (κ2) is 14.5. The average Bonchev–Trinajstić information content (AvgIpc) is 3.46. The van der Waals surface area contributed by atoms with E-state index >= 15 is 0 Å². The number of fused-ring (bicyclic) bond motifs is 3. The van der Waals surface area contributed by atoms with Crippen LogP contribution >= 0.6 is 0 Å². The monoisotopic (exact) mass is 810 g/mol. The first-order valence-corrected chi connectivity index (χ1v) is 16.5. The van der Waals surface area contributed by atoms with E-state index < -0.39 is 76.5 Å². The Bertz CT molecular complexity index is 2620. The normalized spacial score (nSPS) is 16.1. The zero-order chi connectivity index (χ0) is 41.8. The van der Waals surface area contributed by atoms with Crippen molar-refractivity contribution in [2.45, 2.75) is 18.6 Å². The van der Waals surface area contributed by atoms with Crippen LogP contribution in [0.15, 0.2) is 108 Å². The summed E-state index contributed by atoms with van der Waals surface area (Å²) in [4.78, 5) is 0. The molecule has 0 saturated carbocycles. The van der Waals surface area contributed by atoms with Crippen molar-refractivity contribution in [1.82, 2.24) is 0 Å². The smallest absolute Gasteiger partial charge is 0.405 e. The third-order valence-corrected chi connectivity index (χ3v) is 9.43. The van der Waals surface area contributed by atoms with E-state index in [9.17, 15) is 63.2 Å². The number of ether oxygens (including phenoxy) is 2. The molecule has 0 amide bonds. The van der Waals surface area contributed by atoms with E-state index in [1.807, 2.05) is 0 Å². The van der Waals surface area contributed by atoms with Gasteiger partial charge < -0.3 is 9.47 Å². The summed E-state index contributed by atoms with van der Waals surface area (Å²) >= 11 is 0. The zero-order valence-electron chi connectivity index (χ0n) is 28.6. The molecule has 0 fully saturated rings. The van der Waals surface area contributed by atoms with Crippen LogP contribution in [-0.4, -0.2) is 12.7 Å². The summed E-state index contributed by atoms with van der Waals surface area (Å²) < 4.78 is 175. The molecule has 16 heteroatoms. The number of hydrogen-bond acceptors (Lipinski definition) is 4. The Balaban J connectivity index is 1.40.